The molecule has 0 spiro atoms. The lowest BCUT2D eigenvalue weighted by Gasteiger charge is -2.30. The minimum Gasteiger partial charge on any atom is -0.497 e. The van der Waals surface area contributed by atoms with Gasteiger partial charge in [0.05, 0.1) is 7.11 Å². The summed E-state index contributed by atoms with van der Waals surface area (Å²) >= 11 is 2.21. The average Bonchev–Trinajstić information content (AvgIpc) is 3.15. The van der Waals surface area contributed by atoms with E-state index in [1.165, 1.54) is 0 Å². The summed E-state index contributed by atoms with van der Waals surface area (Å²) in [5, 5.41) is 5.69. The predicted molar refractivity (Wildman–Crippen MR) is 142 cm³/mol. The van der Waals surface area contributed by atoms with Crippen LogP contribution in [0.2, 0.25) is 0 Å². The van der Waals surface area contributed by atoms with Crippen LogP contribution >= 0.6 is 22.6 Å². The van der Waals surface area contributed by atoms with Crippen molar-refractivity contribution in [2.24, 2.45) is 0 Å². The van der Waals surface area contributed by atoms with E-state index >= 15 is 0 Å². The highest BCUT2D eigenvalue weighted by Gasteiger charge is 2.47. The second kappa shape index (κ2) is 10.5. The van der Waals surface area contributed by atoms with Gasteiger partial charge in [-0.15, -0.1) is 0 Å². The van der Waals surface area contributed by atoms with Crippen molar-refractivity contribution in [1.29, 1.82) is 0 Å². The molecule has 0 aromatic heterocycles. The number of benzene rings is 3. The molecule has 3 aromatic carbocycles. The van der Waals surface area contributed by atoms with Crippen LogP contribution in [0.4, 0.5) is 10.5 Å². The van der Waals surface area contributed by atoms with Crippen molar-refractivity contribution < 1.29 is 19.1 Å². The fourth-order valence-electron chi connectivity index (χ4n) is 4.26. The molecular weight excluding hydrogens is 557 g/mol. The van der Waals surface area contributed by atoms with Gasteiger partial charge < -0.3 is 15.4 Å². The van der Waals surface area contributed by atoms with E-state index in [-0.39, 0.29) is 0 Å². The fourth-order valence-corrected chi connectivity index (χ4v) is 4.91. The summed E-state index contributed by atoms with van der Waals surface area (Å²) in [6.07, 6.45) is 0. The van der Waals surface area contributed by atoms with Gasteiger partial charge in [0.2, 0.25) is 5.91 Å². The van der Waals surface area contributed by atoms with Crippen LogP contribution in [-0.4, -0.2) is 35.9 Å². The molecular formula is C27H26IN3O4. The first kappa shape index (κ1) is 24.7. The summed E-state index contributed by atoms with van der Waals surface area (Å²) in [5.74, 6) is -0.693. The molecule has 4 amide bonds. The van der Waals surface area contributed by atoms with Gasteiger partial charge in [0.25, 0.3) is 5.91 Å². The van der Waals surface area contributed by atoms with Gasteiger partial charge in [0.1, 0.15) is 17.8 Å². The molecule has 1 aliphatic rings. The summed E-state index contributed by atoms with van der Waals surface area (Å²) < 4.78 is 6.23. The number of aryl methyl sites for hydroxylation is 1. The first-order chi connectivity index (χ1) is 16.8. The van der Waals surface area contributed by atoms with Gasteiger partial charge in [0.15, 0.2) is 0 Å². The Labute approximate surface area is 218 Å². The maximum atomic E-state index is 13.7. The zero-order valence-corrected chi connectivity index (χ0v) is 21.8. The van der Waals surface area contributed by atoms with E-state index in [0.717, 1.165) is 19.6 Å². The first-order valence-electron chi connectivity index (χ1n) is 11.2. The Hall–Kier alpha value is -3.40. The Morgan fingerprint density at radius 2 is 1.74 bits per heavy atom. The highest BCUT2D eigenvalue weighted by atomic mass is 127. The van der Waals surface area contributed by atoms with Gasteiger partial charge in [0, 0.05) is 15.2 Å². The van der Waals surface area contributed by atoms with Gasteiger partial charge in [-0.2, -0.15) is 0 Å². The lowest BCUT2D eigenvalue weighted by Crippen LogP contribution is -2.50. The van der Waals surface area contributed by atoms with E-state index in [4.69, 9.17) is 4.74 Å². The monoisotopic (exact) mass is 583 g/mol. The maximum Gasteiger partial charge on any atom is 0.325 e. The number of methoxy groups -OCH3 is 1. The van der Waals surface area contributed by atoms with E-state index in [9.17, 15) is 14.4 Å². The van der Waals surface area contributed by atoms with Crippen LogP contribution in [0.3, 0.4) is 0 Å². The van der Waals surface area contributed by atoms with Crippen molar-refractivity contribution in [3.63, 3.8) is 0 Å². The molecule has 2 N–H and O–H groups in total. The van der Waals surface area contributed by atoms with Crippen LogP contribution in [0, 0.1) is 10.5 Å². The third-order valence-corrected chi connectivity index (χ3v) is 6.88. The number of hydrogen-bond acceptors (Lipinski definition) is 4. The Bertz CT molecular complexity index is 1250. The largest absolute Gasteiger partial charge is 0.497 e. The van der Waals surface area contributed by atoms with Crippen LogP contribution in [0.15, 0.2) is 72.8 Å². The Morgan fingerprint density at radius 1 is 1.06 bits per heavy atom. The maximum absolute atomic E-state index is 13.7. The van der Waals surface area contributed by atoms with Crippen molar-refractivity contribution in [3.05, 3.63) is 93.1 Å². The third-order valence-electron chi connectivity index (χ3n) is 6.21. The average molecular weight is 583 g/mol. The second-order valence-electron chi connectivity index (χ2n) is 8.46. The zero-order chi connectivity index (χ0) is 25.1. The third kappa shape index (κ3) is 5.17. The van der Waals surface area contributed by atoms with E-state index in [2.05, 4.69) is 33.2 Å². The standard InChI is InChI=1S/C27H26IN3O4/c1-16-15-20(28)11-14-22(16)29-25(32)24(17(2)18-7-5-4-6-8-18)31-26(33)23(30-27(31)34)19-9-12-21(35-3)13-10-19/h4-15,17,23-24H,1-3H3,(H,29,32)(H,30,34)/t17-,23+,24?/m0/s1. The molecule has 1 aliphatic heterocycles. The van der Waals surface area contributed by atoms with Gasteiger partial charge in [-0.05, 0) is 76.5 Å². The Balaban J connectivity index is 1.68. The fraction of sp³-hybridized carbons (Fsp3) is 0.222. The number of halogens is 1. The van der Waals surface area contributed by atoms with Crippen molar-refractivity contribution in [1.82, 2.24) is 10.2 Å². The van der Waals surface area contributed by atoms with Gasteiger partial charge in [-0.3, -0.25) is 9.59 Å². The van der Waals surface area contributed by atoms with Crippen molar-refractivity contribution in [3.8, 4) is 5.75 Å². The van der Waals surface area contributed by atoms with Crippen molar-refractivity contribution in [2.45, 2.75) is 31.8 Å². The molecule has 7 nitrogen and oxygen atoms in total. The van der Waals surface area contributed by atoms with Gasteiger partial charge >= 0.3 is 6.03 Å². The van der Waals surface area contributed by atoms with Gasteiger partial charge in [-0.1, -0.05) is 49.4 Å². The number of hydrogen-bond donors (Lipinski definition) is 2. The molecule has 0 bridgehead atoms. The van der Waals surface area contributed by atoms with Crippen LogP contribution in [0.1, 0.15) is 35.6 Å². The lowest BCUT2D eigenvalue weighted by molar-refractivity contribution is -0.134. The molecule has 180 valence electrons. The Morgan fingerprint density at radius 3 is 2.37 bits per heavy atom. The van der Waals surface area contributed by atoms with Crippen LogP contribution in [0.25, 0.3) is 0 Å². The van der Waals surface area contributed by atoms with E-state index in [0.29, 0.717) is 17.0 Å². The molecule has 0 aliphatic carbocycles. The lowest BCUT2D eigenvalue weighted by atomic mass is 9.91. The minimum absolute atomic E-state index is 0.426. The molecule has 0 saturated carbocycles. The van der Waals surface area contributed by atoms with Crippen LogP contribution < -0.4 is 15.4 Å². The van der Waals surface area contributed by atoms with Gasteiger partial charge in [-0.25, -0.2) is 9.69 Å². The van der Waals surface area contributed by atoms with Crippen LogP contribution in [0.5, 0.6) is 5.75 Å². The summed E-state index contributed by atoms with van der Waals surface area (Å²) in [6.45, 7) is 3.75. The smallest absolute Gasteiger partial charge is 0.325 e. The number of anilines is 1. The van der Waals surface area contributed by atoms with Crippen molar-refractivity contribution >= 4 is 46.1 Å². The van der Waals surface area contributed by atoms with E-state index < -0.39 is 35.8 Å². The first-order valence-corrected chi connectivity index (χ1v) is 12.3. The SMILES string of the molecule is COc1ccc([C@H]2NC(=O)N(C(C(=O)Nc3ccc(I)cc3C)[C@@H](C)c3ccccc3)C2=O)cc1. The number of nitrogens with zero attached hydrogens (tertiary/aromatic N) is 1. The molecule has 3 atom stereocenters. The second-order valence-corrected chi connectivity index (χ2v) is 9.70. The van der Waals surface area contributed by atoms with E-state index in [1.54, 1.807) is 31.4 Å². The number of urea groups is 1. The number of imide groups is 1. The summed E-state index contributed by atoms with van der Waals surface area (Å²) in [7, 11) is 1.56. The molecule has 1 saturated heterocycles. The molecule has 3 aromatic rings. The topological polar surface area (TPSA) is 87.7 Å². The molecule has 1 unspecified atom stereocenters. The number of ether oxygens (including phenoxy) is 1. The normalized spacial score (nSPS) is 17.0. The zero-order valence-electron chi connectivity index (χ0n) is 19.6. The highest BCUT2D eigenvalue weighted by Crippen LogP contribution is 2.32. The summed E-state index contributed by atoms with van der Waals surface area (Å²) in [5.41, 5.74) is 3.00. The Kier molecular flexibility index (Phi) is 7.39. The quantitative estimate of drug-likeness (QED) is 0.303. The summed E-state index contributed by atoms with van der Waals surface area (Å²) in [6, 6.07) is 19.5. The molecule has 1 fully saturated rings. The minimum atomic E-state index is -1.05. The van der Waals surface area contributed by atoms with Crippen LogP contribution in [-0.2, 0) is 9.59 Å². The van der Waals surface area contributed by atoms with Crippen molar-refractivity contribution in [2.75, 3.05) is 12.4 Å². The molecule has 0 radical (unpaired) electrons. The molecule has 1 heterocycles. The number of amides is 4. The molecule has 4 rings (SSSR count). The number of carbonyl (C=O) groups is 3. The molecule has 8 heteroatoms. The highest BCUT2D eigenvalue weighted by molar-refractivity contribution is 14.1. The summed E-state index contributed by atoms with van der Waals surface area (Å²) in [4.78, 5) is 41.4. The number of nitrogens with one attached hydrogen (secondary N) is 2. The molecule has 35 heavy (non-hydrogen) atoms. The number of rotatable bonds is 7. The van der Waals surface area contributed by atoms with E-state index in [1.807, 2.05) is 62.4 Å². The predicted octanol–water partition coefficient (Wildman–Crippen LogP) is 5.01. The number of carbonyl (C=O) groups excluding carboxylic acids is 3.